The van der Waals surface area contributed by atoms with Gasteiger partial charge in [-0.15, -0.1) is 0 Å². The van der Waals surface area contributed by atoms with Crippen LogP contribution in [-0.2, 0) is 7.05 Å². The van der Waals surface area contributed by atoms with E-state index in [0.717, 1.165) is 6.42 Å². The van der Waals surface area contributed by atoms with Gasteiger partial charge in [-0.05, 0) is 41.3 Å². The first-order valence-corrected chi connectivity index (χ1v) is 6.82. The Balaban J connectivity index is 1.97. The second-order valence-electron chi connectivity index (χ2n) is 4.87. The number of aromatic nitrogens is 1. The Morgan fingerprint density at radius 2 is 2.26 bits per heavy atom. The SMILES string of the molecule is Cn1cc(Br)cc(NC(=O)NCC2(O)CCC2)c1=O. The summed E-state index contributed by atoms with van der Waals surface area (Å²) in [6.07, 6.45) is 3.99. The summed E-state index contributed by atoms with van der Waals surface area (Å²) in [6.45, 7) is 0.202. The summed E-state index contributed by atoms with van der Waals surface area (Å²) in [5.41, 5.74) is -0.879. The molecule has 0 atom stereocenters. The Morgan fingerprint density at radius 1 is 1.58 bits per heavy atom. The largest absolute Gasteiger partial charge is 0.388 e. The van der Waals surface area contributed by atoms with Crippen LogP contribution in [-0.4, -0.2) is 27.9 Å². The number of nitrogens with one attached hydrogen (secondary N) is 2. The van der Waals surface area contributed by atoms with Gasteiger partial charge in [0.05, 0.1) is 5.60 Å². The molecule has 1 aromatic rings. The Hall–Kier alpha value is -1.34. The zero-order valence-electron chi connectivity index (χ0n) is 10.6. The first kappa shape index (κ1) is 14.1. The van der Waals surface area contributed by atoms with E-state index in [1.54, 1.807) is 19.3 Å². The number of hydrogen-bond acceptors (Lipinski definition) is 3. The molecule has 0 aromatic carbocycles. The van der Waals surface area contributed by atoms with Gasteiger partial charge in [0.1, 0.15) is 5.69 Å². The molecule has 1 aromatic heterocycles. The maximum absolute atomic E-state index is 11.8. The van der Waals surface area contributed by atoms with Crippen molar-refractivity contribution < 1.29 is 9.90 Å². The first-order valence-electron chi connectivity index (χ1n) is 6.03. The van der Waals surface area contributed by atoms with Crippen molar-refractivity contribution >= 4 is 27.6 Å². The molecule has 1 fully saturated rings. The Bertz CT molecular complexity index is 552. The fourth-order valence-electron chi connectivity index (χ4n) is 1.93. The lowest BCUT2D eigenvalue weighted by molar-refractivity contribution is -0.0287. The number of anilines is 1. The number of carbonyl (C=O) groups excluding carboxylic acids is 1. The molecule has 1 saturated carbocycles. The molecule has 1 heterocycles. The number of aryl methyl sites for hydroxylation is 1. The number of halogens is 1. The normalized spacial score (nSPS) is 16.6. The molecule has 104 valence electrons. The fourth-order valence-corrected chi connectivity index (χ4v) is 2.47. The highest BCUT2D eigenvalue weighted by Crippen LogP contribution is 2.30. The van der Waals surface area contributed by atoms with E-state index in [4.69, 9.17) is 0 Å². The van der Waals surface area contributed by atoms with Gasteiger partial charge in [0, 0.05) is 24.3 Å². The van der Waals surface area contributed by atoms with E-state index in [0.29, 0.717) is 17.3 Å². The monoisotopic (exact) mass is 329 g/mol. The third-order valence-corrected chi connectivity index (χ3v) is 3.69. The maximum Gasteiger partial charge on any atom is 0.319 e. The molecule has 3 N–H and O–H groups in total. The summed E-state index contributed by atoms with van der Waals surface area (Å²) in [7, 11) is 1.60. The van der Waals surface area contributed by atoms with E-state index in [9.17, 15) is 14.7 Å². The molecule has 0 spiro atoms. The highest BCUT2D eigenvalue weighted by Gasteiger charge is 2.34. The van der Waals surface area contributed by atoms with Crippen molar-refractivity contribution in [2.45, 2.75) is 24.9 Å². The van der Waals surface area contributed by atoms with Crippen LogP contribution < -0.4 is 16.2 Å². The van der Waals surface area contributed by atoms with E-state index in [2.05, 4.69) is 26.6 Å². The summed E-state index contributed by atoms with van der Waals surface area (Å²) < 4.78 is 2.07. The molecular formula is C12H16BrN3O3. The van der Waals surface area contributed by atoms with E-state index < -0.39 is 11.6 Å². The van der Waals surface area contributed by atoms with Gasteiger partial charge in [0.25, 0.3) is 5.56 Å². The van der Waals surface area contributed by atoms with Crippen LogP contribution in [0.5, 0.6) is 0 Å². The van der Waals surface area contributed by atoms with Crippen molar-refractivity contribution in [2.75, 3.05) is 11.9 Å². The summed E-state index contributed by atoms with van der Waals surface area (Å²) in [5, 5.41) is 14.9. The smallest absolute Gasteiger partial charge is 0.319 e. The topological polar surface area (TPSA) is 83.4 Å². The highest BCUT2D eigenvalue weighted by atomic mass is 79.9. The van der Waals surface area contributed by atoms with E-state index in [-0.39, 0.29) is 17.8 Å². The molecule has 7 heteroatoms. The van der Waals surface area contributed by atoms with Crippen LogP contribution in [0.25, 0.3) is 0 Å². The lowest BCUT2D eigenvalue weighted by atomic mass is 9.80. The highest BCUT2D eigenvalue weighted by molar-refractivity contribution is 9.10. The van der Waals surface area contributed by atoms with Gasteiger partial charge in [0.2, 0.25) is 0 Å². The third kappa shape index (κ3) is 3.36. The molecule has 0 aliphatic heterocycles. The summed E-state index contributed by atoms with van der Waals surface area (Å²) in [6, 6.07) is 1.05. The molecule has 0 bridgehead atoms. The fraction of sp³-hybridized carbons (Fsp3) is 0.500. The van der Waals surface area contributed by atoms with Gasteiger partial charge in [-0.2, -0.15) is 0 Å². The predicted molar refractivity (Wildman–Crippen MR) is 75.2 cm³/mol. The van der Waals surface area contributed by atoms with E-state index >= 15 is 0 Å². The zero-order chi connectivity index (χ0) is 14.0. The molecule has 1 aliphatic rings. The van der Waals surface area contributed by atoms with Crippen LogP contribution in [0.1, 0.15) is 19.3 Å². The number of urea groups is 1. The van der Waals surface area contributed by atoms with Gasteiger partial charge >= 0.3 is 6.03 Å². The predicted octanol–water partition coefficient (Wildman–Crippen LogP) is 1.18. The number of hydrogen-bond donors (Lipinski definition) is 3. The lowest BCUT2D eigenvalue weighted by Gasteiger charge is -2.36. The minimum atomic E-state index is -0.778. The molecular weight excluding hydrogens is 314 g/mol. The zero-order valence-corrected chi connectivity index (χ0v) is 12.2. The molecule has 0 saturated heterocycles. The van der Waals surface area contributed by atoms with Gasteiger partial charge in [-0.25, -0.2) is 4.79 Å². The molecule has 6 nitrogen and oxygen atoms in total. The van der Waals surface area contributed by atoms with Crippen molar-refractivity contribution in [1.29, 1.82) is 0 Å². The van der Waals surface area contributed by atoms with Gasteiger partial charge in [-0.1, -0.05) is 0 Å². The minimum Gasteiger partial charge on any atom is -0.388 e. The average molecular weight is 330 g/mol. The van der Waals surface area contributed by atoms with Crippen molar-refractivity contribution in [3.63, 3.8) is 0 Å². The Morgan fingerprint density at radius 3 is 2.84 bits per heavy atom. The molecule has 1 aliphatic carbocycles. The standard InChI is InChI=1S/C12H16BrN3O3/c1-16-6-8(13)5-9(10(16)17)15-11(18)14-7-12(19)3-2-4-12/h5-6,19H,2-4,7H2,1H3,(H2,14,15,18). The first-order chi connectivity index (χ1) is 8.89. The molecule has 2 rings (SSSR count). The summed E-state index contributed by atoms with van der Waals surface area (Å²) in [4.78, 5) is 23.5. The number of pyridine rings is 1. The van der Waals surface area contributed by atoms with Crippen molar-refractivity contribution in [3.05, 3.63) is 27.1 Å². The Kier molecular flexibility index (Phi) is 3.96. The van der Waals surface area contributed by atoms with Crippen LogP contribution in [0.2, 0.25) is 0 Å². The van der Waals surface area contributed by atoms with Crippen LogP contribution in [0, 0.1) is 0 Å². The van der Waals surface area contributed by atoms with Crippen LogP contribution in [0.3, 0.4) is 0 Å². The van der Waals surface area contributed by atoms with Gasteiger partial charge in [0.15, 0.2) is 0 Å². The second-order valence-corrected chi connectivity index (χ2v) is 5.79. The second kappa shape index (κ2) is 5.34. The number of aliphatic hydroxyl groups is 1. The van der Waals surface area contributed by atoms with Crippen LogP contribution >= 0.6 is 15.9 Å². The number of amides is 2. The quantitative estimate of drug-likeness (QED) is 0.778. The van der Waals surface area contributed by atoms with Crippen molar-refractivity contribution in [2.24, 2.45) is 7.05 Å². The molecule has 0 radical (unpaired) electrons. The minimum absolute atomic E-state index is 0.190. The maximum atomic E-state index is 11.8. The Labute approximate surface area is 118 Å². The van der Waals surface area contributed by atoms with Gasteiger partial charge < -0.3 is 20.3 Å². The summed E-state index contributed by atoms with van der Waals surface area (Å²) in [5.74, 6) is 0. The number of carbonyl (C=O) groups is 1. The van der Waals surface area contributed by atoms with Gasteiger partial charge in [-0.3, -0.25) is 4.79 Å². The molecule has 2 amide bonds. The number of rotatable bonds is 3. The van der Waals surface area contributed by atoms with Crippen LogP contribution in [0.4, 0.5) is 10.5 Å². The number of nitrogens with zero attached hydrogens (tertiary/aromatic N) is 1. The molecule has 19 heavy (non-hydrogen) atoms. The van der Waals surface area contributed by atoms with Crippen molar-refractivity contribution in [1.82, 2.24) is 9.88 Å². The van der Waals surface area contributed by atoms with Crippen LogP contribution in [0.15, 0.2) is 21.5 Å². The third-order valence-electron chi connectivity index (χ3n) is 3.26. The summed E-state index contributed by atoms with van der Waals surface area (Å²) >= 11 is 3.26. The van der Waals surface area contributed by atoms with E-state index in [1.807, 2.05) is 0 Å². The van der Waals surface area contributed by atoms with Crippen molar-refractivity contribution in [3.8, 4) is 0 Å². The molecule has 0 unspecified atom stereocenters. The van der Waals surface area contributed by atoms with E-state index in [1.165, 1.54) is 4.57 Å². The lowest BCUT2D eigenvalue weighted by Crippen LogP contribution is -2.49. The average Bonchev–Trinajstić information content (AvgIpc) is 2.30.